The maximum atomic E-state index is 5.99. The lowest BCUT2D eigenvalue weighted by Crippen LogP contribution is -2.28. The van der Waals surface area contributed by atoms with Crippen molar-refractivity contribution in [1.82, 2.24) is 5.32 Å². The Bertz CT molecular complexity index is 562. The molecule has 0 radical (unpaired) electrons. The van der Waals surface area contributed by atoms with Crippen molar-refractivity contribution in [2.75, 3.05) is 6.54 Å². The molecule has 0 amide bonds. The van der Waals surface area contributed by atoms with E-state index < -0.39 is 0 Å². The van der Waals surface area contributed by atoms with Gasteiger partial charge in [-0.3, -0.25) is 0 Å². The molecule has 1 N–H and O–H groups in total. The average molecular weight is 336 g/mol. The van der Waals surface area contributed by atoms with Crippen molar-refractivity contribution in [1.29, 1.82) is 0 Å². The largest absolute Gasteiger partial charge is 0.461 e. The molecule has 2 rings (SSSR count). The van der Waals surface area contributed by atoms with Gasteiger partial charge in [-0.05, 0) is 62.7 Å². The van der Waals surface area contributed by atoms with Crippen molar-refractivity contribution >= 4 is 15.9 Å². The Balaban J connectivity index is 2.08. The monoisotopic (exact) mass is 335 g/mol. The van der Waals surface area contributed by atoms with Crippen molar-refractivity contribution in [3.8, 4) is 11.3 Å². The van der Waals surface area contributed by atoms with Crippen molar-refractivity contribution in [2.24, 2.45) is 0 Å². The number of benzene rings is 1. The Hall–Kier alpha value is -1.06. The highest BCUT2D eigenvalue weighted by Gasteiger charge is 2.10. The summed E-state index contributed by atoms with van der Waals surface area (Å²) >= 11 is 3.49. The number of aryl methyl sites for hydroxylation is 1. The molecule has 3 heteroatoms. The number of furan rings is 1. The third-order valence-corrected chi connectivity index (χ3v) is 3.86. The topological polar surface area (TPSA) is 25.2 Å². The number of halogens is 1. The maximum absolute atomic E-state index is 5.99. The van der Waals surface area contributed by atoms with Crippen LogP contribution in [0.25, 0.3) is 11.3 Å². The predicted molar refractivity (Wildman–Crippen MR) is 88.0 cm³/mol. The van der Waals surface area contributed by atoms with Crippen molar-refractivity contribution in [3.63, 3.8) is 0 Å². The van der Waals surface area contributed by atoms with Crippen molar-refractivity contribution < 1.29 is 4.42 Å². The molecule has 2 nitrogen and oxygen atoms in total. The van der Waals surface area contributed by atoms with Gasteiger partial charge >= 0.3 is 0 Å². The average Bonchev–Trinajstić information content (AvgIpc) is 2.84. The first-order valence-corrected chi connectivity index (χ1v) is 7.98. The summed E-state index contributed by atoms with van der Waals surface area (Å²) in [5.74, 6) is 1.99. The van der Waals surface area contributed by atoms with Gasteiger partial charge in [-0.15, -0.1) is 0 Å². The summed E-state index contributed by atoms with van der Waals surface area (Å²) < 4.78 is 7.09. The summed E-state index contributed by atoms with van der Waals surface area (Å²) in [5, 5.41) is 3.48. The second-order valence-electron chi connectivity index (χ2n) is 5.28. The molecule has 0 saturated carbocycles. The van der Waals surface area contributed by atoms with Gasteiger partial charge in [-0.2, -0.15) is 0 Å². The van der Waals surface area contributed by atoms with Crippen LogP contribution >= 0.6 is 15.9 Å². The van der Waals surface area contributed by atoms with E-state index in [2.05, 4.69) is 72.3 Å². The van der Waals surface area contributed by atoms with Gasteiger partial charge in [-0.25, -0.2) is 0 Å². The fourth-order valence-corrected chi connectivity index (χ4v) is 2.78. The minimum Gasteiger partial charge on any atom is -0.461 e. The minimum atomic E-state index is 0.444. The minimum absolute atomic E-state index is 0.444. The molecular formula is C17H22BrNO. The molecule has 1 aromatic carbocycles. The van der Waals surface area contributed by atoms with Gasteiger partial charge in [0, 0.05) is 22.5 Å². The molecule has 0 aliphatic carbocycles. The van der Waals surface area contributed by atoms with Gasteiger partial charge in [0.2, 0.25) is 0 Å². The normalized spacial score (nSPS) is 12.6. The van der Waals surface area contributed by atoms with E-state index >= 15 is 0 Å². The van der Waals surface area contributed by atoms with Gasteiger partial charge in [-0.1, -0.05) is 22.9 Å². The Morgan fingerprint density at radius 3 is 2.75 bits per heavy atom. The predicted octanol–water partition coefficient (Wildman–Crippen LogP) is 4.95. The summed E-state index contributed by atoms with van der Waals surface area (Å²) in [6.07, 6.45) is 2.08. The lowest BCUT2D eigenvalue weighted by molar-refractivity contribution is 0.464. The van der Waals surface area contributed by atoms with Crippen LogP contribution in [0.2, 0.25) is 0 Å². The SMILES string of the molecule is CCCNC(C)Cc1ccc(-c2ccc(Br)cc2C)o1. The first-order valence-electron chi connectivity index (χ1n) is 7.18. The van der Waals surface area contributed by atoms with E-state index in [0.717, 1.165) is 40.9 Å². The Morgan fingerprint density at radius 2 is 2.05 bits per heavy atom. The van der Waals surface area contributed by atoms with Crippen molar-refractivity contribution in [3.05, 3.63) is 46.1 Å². The summed E-state index contributed by atoms with van der Waals surface area (Å²) in [6, 6.07) is 10.9. The van der Waals surface area contributed by atoms with Crippen LogP contribution in [-0.4, -0.2) is 12.6 Å². The molecule has 0 aliphatic heterocycles. The molecular weight excluding hydrogens is 314 g/mol. The van der Waals surface area contributed by atoms with E-state index in [4.69, 9.17) is 4.42 Å². The van der Waals surface area contributed by atoms with Crippen molar-refractivity contribution in [2.45, 2.75) is 39.7 Å². The third-order valence-electron chi connectivity index (χ3n) is 3.37. The fraction of sp³-hybridized carbons (Fsp3) is 0.412. The molecule has 0 aliphatic rings. The molecule has 0 saturated heterocycles. The van der Waals surface area contributed by atoms with E-state index in [1.54, 1.807) is 0 Å². The smallest absolute Gasteiger partial charge is 0.134 e. The summed E-state index contributed by atoms with van der Waals surface area (Å²) in [7, 11) is 0. The first-order chi connectivity index (χ1) is 9.60. The number of hydrogen-bond donors (Lipinski definition) is 1. The third kappa shape index (κ3) is 3.97. The fourth-order valence-electron chi connectivity index (χ4n) is 2.30. The van der Waals surface area contributed by atoms with Gasteiger partial charge in [0.05, 0.1) is 0 Å². The second kappa shape index (κ2) is 7.09. The molecule has 20 heavy (non-hydrogen) atoms. The Morgan fingerprint density at radius 1 is 1.25 bits per heavy atom. The molecule has 0 bridgehead atoms. The quantitative estimate of drug-likeness (QED) is 0.808. The lowest BCUT2D eigenvalue weighted by atomic mass is 10.1. The zero-order valence-corrected chi connectivity index (χ0v) is 14.0. The zero-order valence-electron chi connectivity index (χ0n) is 12.4. The summed E-state index contributed by atoms with van der Waals surface area (Å²) in [4.78, 5) is 0. The van der Waals surface area contributed by atoms with Crippen LogP contribution in [-0.2, 0) is 6.42 Å². The van der Waals surface area contributed by atoms with E-state index in [9.17, 15) is 0 Å². The van der Waals surface area contributed by atoms with E-state index in [1.807, 2.05) is 0 Å². The molecule has 0 fully saturated rings. The van der Waals surface area contributed by atoms with Gasteiger partial charge in [0.15, 0.2) is 0 Å². The molecule has 1 atom stereocenters. The highest BCUT2D eigenvalue weighted by molar-refractivity contribution is 9.10. The van der Waals surface area contributed by atoms with Crippen LogP contribution in [0.1, 0.15) is 31.6 Å². The van der Waals surface area contributed by atoms with Crippen LogP contribution in [0.4, 0.5) is 0 Å². The standard InChI is InChI=1S/C17H22BrNO/c1-4-9-19-13(3)11-15-6-8-17(20-15)16-7-5-14(18)10-12(16)2/h5-8,10,13,19H,4,9,11H2,1-3H3. The number of rotatable bonds is 6. The van der Waals surface area contributed by atoms with Crippen LogP contribution < -0.4 is 5.32 Å². The zero-order chi connectivity index (χ0) is 14.5. The second-order valence-corrected chi connectivity index (χ2v) is 6.20. The van der Waals surface area contributed by atoms with Crippen LogP contribution in [0.5, 0.6) is 0 Å². The van der Waals surface area contributed by atoms with Gasteiger partial charge < -0.3 is 9.73 Å². The molecule has 108 valence electrons. The Kier molecular flexibility index (Phi) is 5.44. The number of nitrogens with one attached hydrogen (secondary N) is 1. The molecule has 1 unspecified atom stereocenters. The number of hydrogen-bond acceptors (Lipinski definition) is 2. The highest BCUT2D eigenvalue weighted by Crippen LogP contribution is 2.28. The Labute approximate surface area is 129 Å². The molecule has 1 heterocycles. The van der Waals surface area contributed by atoms with Crippen LogP contribution in [0.3, 0.4) is 0 Å². The van der Waals surface area contributed by atoms with Crippen LogP contribution in [0, 0.1) is 6.92 Å². The highest BCUT2D eigenvalue weighted by atomic mass is 79.9. The van der Waals surface area contributed by atoms with E-state index in [1.165, 1.54) is 5.56 Å². The van der Waals surface area contributed by atoms with Crippen LogP contribution in [0.15, 0.2) is 39.2 Å². The lowest BCUT2D eigenvalue weighted by Gasteiger charge is -2.11. The molecule has 1 aromatic heterocycles. The molecule has 2 aromatic rings. The van der Waals surface area contributed by atoms with Gasteiger partial charge in [0.25, 0.3) is 0 Å². The summed E-state index contributed by atoms with van der Waals surface area (Å²) in [5.41, 5.74) is 2.38. The van der Waals surface area contributed by atoms with E-state index in [-0.39, 0.29) is 0 Å². The van der Waals surface area contributed by atoms with Gasteiger partial charge in [0.1, 0.15) is 11.5 Å². The maximum Gasteiger partial charge on any atom is 0.134 e. The molecule has 0 spiro atoms. The summed E-state index contributed by atoms with van der Waals surface area (Å²) in [6.45, 7) is 7.54. The first kappa shape index (κ1) is 15.3. The van der Waals surface area contributed by atoms with E-state index in [0.29, 0.717) is 6.04 Å².